The molecule has 0 spiro atoms. The molecule has 3 rings (SSSR count). The van der Waals surface area contributed by atoms with Crippen LogP contribution < -0.4 is 5.32 Å². The van der Waals surface area contributed by atoms with Gasteiger partial charge >= 0.3 is 0 Å². The van der Waals surface area contributed by atoms with Crippen molar-refractivity contribution >= 4 is 23.6 Å². The van der Waals surface area contributed by atoms with Crippen molar-refractivity contribution in [1.82, 2.24) is 15.2 Å². The van der Waals surface area contributed by atoms with Gasteiger partial charge in [-0.1, -0.05) is 12.1 Å². The molecule has 1 aromatic heterocycles. The monoisotopic (exact) mass is 397 g/mol. The van der Waals surface area contributed by atoms with Crippen LogP contribution in [0.3, 0.4) is 0 Å². The molecule has 6 heteroatoms. The van der Waals surface area contributed by atoms with Crippen molar-refractivity contribution in [3.05, 3.63) is 58.4 Å². The fourth-order valence-corrected chi connectivity index (χ4v) is 3.93. The van der Waals surface area contributed by atoms with Crippen LogP contribution in [-0.4, -0.2) is 41.5 Å². The highest BCUT2D eigenvalue weighted by Gasteiger charge is 2.31. The average molecular weight is 398 g/mol. The minimum atomic E-state index is -0.181. The molecule has 2 amide bonds. The Bertz CT molecular complexity index is 893. The molecule has 0 atom stereocenters. The molecule has 5 nitrogen and oxygen atoms in total. The Kier molecular flexibility index (Phi) is 6.39. The van der Waals surface area contributed by atoms with E-state index in [0.717, 1.165) is 34.7 Å². The lowest BCUT2D eigenvalue weighted by Crippen LogP contribution is -2.39. The van der Waals surface area contributed by atoms with Gasteiger partial charge in [-0.15, -0.1) is 11.8 Å². The van der Waals surface area contributed by atoms with Crippen molar-refractivity contribution in [3.8, 4) is 0 Å². The van der Waals surface area contributed by atoms with Gasteiger partial charge in [0.05, 0.1) is 11.3 Å². The van der Waals surface area contributed by atoms with E-state index in [2.05, 4.69) is 23.3 Å². The van der Waals surface area contributed by atoms with Crippen LogP contribution in [0, 0.1) is 13.8 Å². The smallest absolute Gasteiger partial charge is 0.256 e. The van der Waals surface area contributed by atoms with E-state index in [1.165, 1.54) is 5.56 Å². The van der Waals surface area contributed by atoms with E-state index in [4.69, 9.17) is 0 Å². The minimum absolute atomic E-state index is 0.0228. The summed E-state index contributed by atoms with van der Waals surface area (Å²) in [6.07, 6.45) is 4.17. The normalized spacial score (nSPS) is 13.3. The third kappa shape index (κ3) is 4.73. The van der Waals surface area contributed by atoms with Crippen molar-refractivity contribution in [2.24, 2.45) is 0 Å². The molecular formula is C22H27N3O2S. The lowest BCUT2D eigenvalue weighted by atomic mass is 10.1. The Balaban J connectivity index is 1.94. The number of hydrogen-bond acceptors (Lipinski definition) is 4. The van der Waals surface area contributed by atoms with Crippen molar-refractivity contribution in [2.45, 2.75) is 44.0 Å². The first-order chi connectivity index (χ1) is 13.4. The Morgan fingerprint density at radius 1 is 1.21 bits per heavy atom. The van der Waals surface area contributed by atoms with E-state index in [-0.39, 0.29) is 18.4 Å². The summed E-state index contributed by atoms with van der Waals surface area (Å²) in [6.45, 7) is 4.41. The molecule has 28 heavy (non-hydrogen) atoms. The minimum Gasteiger partial charge on any atom is -0.358 e. The van der Waals surface area contributed by atoms with Gasteiger partial charge in [0.15, 0.2) is 0 Å². The Labute approximate surface area is 170 Å². The molecule has 2 aromatic rings. The lowest BCUT2D eigenvalue weighted by molar-refractivity contribution is -0.121. The quantitative estimate of drug-likeness (QED) is 0.724. The molecule has 1 aliphatic carbocycles. The molecule has 0 aliphatic heterocycles. The summed E-state index contributed by atoms with van der Waals surface area (Å²) in [6, 6.07) is 9.93. The number of nitrogens with one attached hydrogen (secondary N) is 1. The highest BCUT2D eigenvalue weighted by molar-refractivity contribution is 7.98. The zero-order valence-corrected chi connectivity index (χ0v) is 17.7. The lowest BCUT2D eigenvalue weighted by Gasteiger charge is -2.24. The summed E-state index contributed by atoms with van der Waals surface area (Å²) >= 11 is 1.65. The maximum atomic E-state index is 13.4. The molecule has 1 aliphatic rings. The topological polar surface area (TPSA) is 62.3 Å². The molecule has 1 heterocycles. The Morgan fingerprint density at radius 2 is 1.96 bits per heavy atom. The van der Waals surface area contributed by atoms with E-state index in [0.29, 0.717) is 18.0 Å². The summed E-state index contributed by atoms with van der Waals surface area (Å²) in [5.41, 5.74) is 4.63. The number of likely N-dealkylation sites (N-methyl/N-ethyl adjacent to an activating group) is 1. The molecule has 1 aromatic carbocycles. The number of aromatic nitrogens is 1. The van der Waals surface area contributed by atoms with Crippen molar-refractivity contribution in [3.63, 3.8) is 0 Å². The first-order valence-corrected chi connectivity index (χ1v) is 10.8. The standard InChI is InChI=1S/C22H27N3O2S/c1-14-5-7-17(19(11-14)28-4)12-25(13-20(26)23-3)22(27)18-10-6-15(2)24-21(18)16-8-9-16/h5-7,10-11,16H,8-9,12-13H2,1-4H3,(H,23,26). The van der Waals surface area contributed by atoms with Gasteiger partial charge in [0, 0.05) is 30.1 Å². The van der Waals surface area contributed by atoms with E-state index < -0.39 is 0 Å². The summed E-state index contributed by atoms with van der Waals surface area (Å²) < 4.78 is 0. The number of hydrogen-bond donors (Lipinski definition) is 1. The number of rotatable bonds is 7. The highest BCUT2D eigenvalue weighted by atomic mass is 32.2. The summed E-state index contributed by atoms with van der Waals surface area (Å²) in [5, 5.41) is 2.63. The Morgan fingerprint density at radius 3 is 2.61 bits per heavy atom. The number of carbonyl (C=O) groups excluding carboxylic acids is 2. The van der Waals surface area contributed by atoms with E-state index in [1.807, 2.05) is 37.4 Å². The van der Waals surface area contributed by atoms with Crippen LogP contribution in [0.5, 0.6) is 0 Å². The molecule has 0 unspecified atom stereocenters. The number of benzene rings is 1. The highest BCUT2D eigenvalue weighted by Crippen LogP contribution is 2.41. The van der Waals surface area contributed by atoms with Gasteiger partial charge in [0.2, 0.25) is 5.91 Å². The van der Waals surface area contributed by atoms with Crippen LogP contribution >= 0.6 is 11.8 Å². The molecule has 1 fully saturated rings. The van der Waals surface area contributed by atoms with Crippen LogP contribution in [-0.2, 0) is 11.3 Å². The van der Waals surface area contributed by atoms with Gasteiger partial charge in [0.1, 0.15) is 6.54 Å². The molecular weight excluding hydrogens is 370 g/mol. The predicted octanol–water partition coefficient (Wildman–Crippen LogP) is 3.69. The number of pyridine rings is 1. The summed E-state index contributed by atoms with van der Waals surface area (Å²) in [5.74, 6) is 0.0478. The molecule has 0 saturated heterocycles. The van der Waals surface area contributed by atoms with E-state index in [9.17, 15) is 9.59 Å². The molecule has 1 saturated carbocycles. The second kappa shape index (κ2) is 8.78. The van der Waals surface area contributed by atoms with Gasteiger partial charge in [0.25, 0.3) is 5.91 Å². The number of carbonyl (C=O) groups is 2. The SMILES string of the molecule is CNC(=O)CN(Cc1ccc(C)cc1SC)C(=O)c1ccc(C)nc1C1CC1. The third-order valence-electron chi connectivity index (χ3n) is 4.96. The fraction of sp³-hybridized carbons (Fsp3) is 0.409. The van der Waals surface area contributed by atoms with Crippen LogP contribution in [0.2, 0.25) is 0 Å². The van der Waals surface area contributed by atoms with Crippen molar-refractivity contribution < 1.29 is 9.59 Å². The second-order valence-electron chi connectivity index (χ2n) is 7.31. The zero-order valence-electron chi connectivity index (χ0n) is 16.9. The first kappa shape index (κ1) is 20.4. The summed E-state index contributed by atoms with van der Waals surface area (Å²) in [4.78, 5) is 32.9. The van der Waals surface area contributed by atoms with Crippen molar-refractivity contribution in [1.29, 1.82) is 0 Å². The molecule has 148 valence electrons. The number of nitrogens with zero attached hydrogens (tertiary/aromatic N) is 2. The van der Waals surface area contributed by atoms with Gasteiger partial charge in [-0.3, -0.25) is 14.6 Å². The third-order valence-corrected chi connectivity index (χ3v) is 5.78. The van der Waals surface area contributed by atoms with Crippen LogP contribution in [0.1, 0.15) is 51.6 Å². The van der Waals surface area contributed by atoms with Crippen LogP contribution in [0.15, 0.2) is 35.2 Å². The summed E-state index contributed by atoms with van der Waals surface area (Å²) in [7, 11) is 1.59. The molecule has 0 radical (unpaired) electrons. The van der Waals surface area contributed by atoms with E-state index in [1.54, 1.807) is 23.7 Å². The number of aryl methyl sites for hydroxylation is 2. The number of amides is 2. The van der Waals surface area contributed by atoms with Crippen LogP contribution in [0.4, 0.5) is 0 Å². The van der Waals surface area contributed by atoms with Gasteiger partial charge < -0.3 is 10.2 Å². The van der Waals surface area contributed by atoms with Crippen molar-refractivity contribution in [2.75, 3.05) is 19.8 Å². The van der Waals surface area contributed by atoms with E-state index >= 15 is 0 Å². The molecule has 1 N–H and O–H groups in total. The second-order valence-corrected chi connectivity index (χ2v) is 8.16. The maximum Gasteiger partial charge on any atom is 0.256 e. The van der Waals surface area contributed by atoms with Gasteiger partial charge in [-0.25, -0.2) is 0 Å². The first-order valence-electron chi connectivity index (χ1n) is 9.53. The molecule has 0 bridgehead atoms. The number of thioether (sulfide) groups is 1. The Hall–Kier alpha value is -2.34. The average Bonchev–Trinajstić information content (AvgIpc) is 3.53. The zero-order chi connectivity index (χ0) is 20.3. The van der Waals surface area contributed by atoms with Crippen LogP contribution in [0.25, 0.3) is 0 Å². The maximum absolute atomic E-state index is 13.4. The fourth-order valence-electron chi connectivity index (χ4n) is 3.24. The largest absolute Gasteiger partial charge is 0.358 e. The van der Waals surface area contributed by atoms with Gasteiger partial charge in [-0.2, -0.15) is 0 Å². The van der Waals surface area contributed by atoms with Gasteiger partial charge in [-0.05, 0) is 62.3 Å². The predicted molar refractivity (Wildman–Crippen MR) is 113 cm³/mol.